The Morgan fingerprint density at radius 1 is 0.979 bits per heavy atom. The van der Waals surface area contributed by atoms with Gasteiger partial charge in [-0.05, 0) is 85.8 Å². The van der Waals surface area contributed by atoms with Gasteiger partial charge in [0, 0.05) is 32.7 Å². The van der Waals surface area contributed by atoms with Gasteiger partial charge >= 0.3 is 6.18 Å². The number of rotatable bonds is 13. The van der Waals surface area contributed by atoms with E-state index in [1.165, 1.54) is 60.7 Å². The summed E-state index contributed by atoms with van der Waals surface area (Å²) in [7, 11) is 0. The van der Waals surface area contributed by atoms with Crippen LogP contribution in [0.3, 0.4) is 0 Å². The Morgan fingerprint density at radius 3 is 2.21 bits per heavy atom. The highest BCUT2D eigenvalue weighted by molar-refractivity contribution is 7.98. The van der Waals surface area contributed by atoms with Gasteiger partial charge in [-0.15, -0.1) is 0 Å². The van der Waals surface area contributed by atoms with Crippen LogP contribution < -0.4 is 5.56 Å². The number of likely N-dealkylation sites (N-methyl/N-ethyl adjacent to an activating group) is 1. The first-order chi connectivity index (χ1) is 25.6. The van der Waals surface area contributed by atoms with Crippen molar-refractivity contribution in [2.24, 2.45) is 0 Å². The molecule has 0 bridgehead atoms. The Morgan fingerprint density at radius 2 is 1.60 bits per heavy atom. The Kier molecular flexibility index (Phi) is 8.70. The number of benzene rings is 3. The smallest absolute Gasteiger partial charge is 0.333 e. The van der Waals surface area contributed by atoms with Crippen LogP contribution in [-0.2, 0) is 36.1 Å². The normalized spacial score (nSPS) is 17.2. The zero-order valence-electron chi connectivity index (χ0n) is 33.7. The van der Waals surface area contributed by atoms with Crippen LogP contribution in [-0.4, -0.2) is 51.3 Å². The van der Waals surface area contributed by atoms with Crippen LogP contribution >= 0.6 is 11.8 Å². The number of amides is 1. The zero-order chi connectivity index (χ0) is 40.7. The van der Waals surface area contributed by atoms with E-state index in [0.29, 0.717) is 23.1 Å². The van der Waals surface area contributed by atoms with E-state index in [1.54, 1.807) is 13.8 Å². The van der Waals surface area contributed by atoms with Crippen molar-refractivity contribution in [3.63, 3.8) is 0 Å². The maximum absolute atomic E-state index is 15.0. The number of aromatic nitrogens is 2. The maximum atomic E-state index is 15.0. The lowest BCUT2D eigenvalue weighted by Gasteiger charge is -2.33. The van der Waals surface area contributed by atoms with Crippen molar-refractivity contribution in [1.82, 2.24) is 19.4 Å². The van der Waals surface area contributed by atoms with Crippen LogP contribution in [0.1, 0.15) is 70.8 Å². The number of hydrogen-bond acceptors (Lipinski definition) is 5. The molecule has 1 unspecified atom stereocenters. The molecular weight excluding hydrogens is 640 g/mol. The van der Waals surface area contributed by atoms with E-state index < -0.39 is 54.5 Å². The van der Waals surface area contributed by atoms with Gasteiger partial charge in [0.2, 0.25) is 5.91 Å². The summed E-state index contributed by atoms with van der Waals surface area (Å²) in [5.74, 6) is -2.01. The third-order valence-electron chi connectivity index (χ3n) is 8.06. The van der Waals surface area contributed by atoms with Crippen LogP contribution in [0.5, 0.6) is 0 Å². The molecule has 1 atom stereocenters. The second kappa shape index (κ2) is 15.5. The first-order valence-corrected chi connectivity index (χ1v) is 16.5. The van der Waals surface area contributed by atoms with E-state index >= 15 is 0 Å². The first kappa shape index (κ1) is 26.9. The minimum absolute atomic E-state index is 0.00418. The van der Waals surface area contributed by atoms with Crippen LogP contribution in [0.25, 0.3) is 11.1 Å². The lowest BCUT2D eigenvalue weighted by molar-refractivity contribution is -0.137. The Balaban J connectivity index is 1.64. The van der Waals surface area contributed by atoms with Gasteiger partial charge in [0.05, 0.1) is 18.4 Å². The molecule has 6 nitrogen and oxygen atoms in total. The van der Waals surface area contributed by atoms with E-state index in [1.807, 2.05) is 0 Å². The number of carbonyl (C=O) groups excluding carboxylic acids is 1. The summed E-state index contributed by atoms with van der Waals surface area (Å²) in [5.41, 5.74) is 0.263. The molecule has 0 saturated carbocycles. The fraction of sp³-hybridized carbons (Fsp3) is 0.378. The topological polar surface area (TPSA) is 58.4 Å². The van der Waals surface area contributed by atoms with Crippen molar-refractivity contribution in [2.75, 3.05) is 26.1 Å². The lowest BCUT2D eigenvalue weighted by atomic mass is 9.99. The van der Waals surface area contributed by atoms with Crippen molar-refractivity contribution in [1.29, 1.82) is 0 Å². The minimum Gasteiger partial charge on any atom is -0.333 e. The van der Waals surface area contributed by atoms with Gasteiger partial charge < -0.3 is 14.4 Å². The van der Waals surface area contributed by atoms with E-state index in [4.69, 9.17) is 2.74 Å². The average Bonchev–Trinajstić information content (AvgIpc) is 3.61. The number of fused-ring (bicyclic) bond motifs is 1. The SMILES string of the molecule is [2H]C(C)(c1ccc(-c2ccc(C(F)(F)F)cc2)cc1)N(C(=O)C([2H])([2H])n1c(SCc2ccc(F)cc2)nc(=O)c2c1CCC2)C([2H])([2H])C([2H])([2H])N(CC)CC. The molecule has 48 heavy (non-hydrogen) atoms. The standard InChI is InChI=1S/C37H40F4N4O2S/c1-4-43(5-2)21-22-44(25(3)27-11-13-28(14-12-27)29-15-17-30(18-16-29)37(39,40)41)34(46)23-45-33-8-6-7-32(33)35(47)42-36(45)48-24-26-9-19-31(38)20-10-26/h9-20,25H,4-8,21-24H2,1-3H3/i21D2,22D2,23D2,25D. The summed E-state index contributed by atoms with van der Waals surface area (Å²) in [6, 6.07) is 12.9. The fourth-order valence-corrected chi connectivity index (χ4v) is 6.21. The lowest BCUT2D eigenvalue weighted by Crippen LogP contribution is -2.42. The van der Waals surface area contributed by atoms with Crippen LogP contribution in [0, 0.1) is 5.82 Å². The number of thioether (sulfide) groups is 1. The summed E-state index contributed by atoms with van der Waals surface area (Å²) in [4.78, 5) is 33.6. The van der Waals surface area contributed by atoms with Crippen molar-refractivity contribution < 1.29 is 32.0 Å². The predicted octanol–water partition coefficient (Wildman–Crippen LogP) is 7.78. The molecule has 4 aromatic rings. The molecule has 3 aromatic carbocycles. The predicted molar refractivity (Wildman–Crippen MR) is 181 cm³/mol. The van der Waals surface area contributed by atoms with Gasteiger partial charge in [-0.1, -0.05) is 74.1 Å². The molecule has 254 valence electrons. The van der Waals surface area contributed by atoms with Crippen molar-refractivity contribution in [3.05, 3.63) is 117 Å². The first-order valence-electron chi connectivity index (χ1n) is 19.0. The molecule has 11 heteroatoms. The molecule has 1 heterocycles. The number of carbonyl (C=O) groups is 1. The highest BCUT2D eigenvalue weighted by Crippen LogP contribution is 2.32. The van der Waals surface area contributed by atoms with Crippen molar-refractivity contribution in [2.45, 2.75) is 69.6 Å². The molecule has 1 aromatic heterocycles. The molecule has 5 rings (SSSR count). The van der Waals surface area contributed by atoms with Crippen LogP contribution in [0.2, 0.25) is 0 Å². The minimum atomic E-state index is -4.54. The fourth-order valence-electron chi connectivity index (χ4n) is 5.29. The largest absolute Gasteiger partial charge is 0.416 e. The summed E-state index contributed by atoms with van der Waals surface area (Å²) >= 11 is 0.906. The van der Waals surface area contributed by atoms with Crippen molar-refractivity contribution in [3.8, 4) is 11.1 Å². The maximum Gasteiger partial charge on any atom is 0.416 e. The van der Waals surface area contributed by atoms with E-state index in [9.17, 15) is 34.0 Å². The third-order valence-corrected chi connectivity index (χ3v) is 9.07. The third kappa shape index (κ3) is 8.36. The molecule has 0 fully saturated rings. The van der Waals surface area contributed by atoms with Gasteiger partial charge in [-0.25, -0.2) is 4.39 Å². The Hall–Kier alpha value is -3.96. The number of halogens is 4. The highest BCUT2D eigenvalue weighted by atomic mass is 32.2. The number of alkyl halides is 3. The highest BCUT2D eigenvalue weighted by Gasteiger charge is 2.30. The van der Waals surface area contributed by atoms with Gasteiger partial charge in [0.1, 0.15) is 12.3 Å². The van der Waals surface area contributed by atoms with Gasteiger partial charge in [-0.2, -0.15) is 18.2 Å². The summed E-state index contributed by atoms with van der Waals surface area (Å²) < 4.78 is 119. The summed E-state index contributed by atoms with van der Waals surface area (Å²) in [6.07, 6.45) is -3.66. The Bertz CT molecular complexity index is 2080. The van der Waals surface area contributed by atoms with Crippen molar-refractivity contribution >= 4 is 17.7 Å². The molecule has 1 amide bonds. The second-order valence-electron chi connectivity index (χ2n) is 11.1. The molecule has 0 aliphatic heterocycles. The molecule has 0 spiro atoms. The summed E-state index contributed by atoms with van der Waals surface area (Å²) in [6.45, 7) is -5.31. The molecule has 0 saturated heterocycles. The van der Waals surface area contributed by atoms with E-state index in [-0.39, 0.29) is 58.6 Å². The number of nitrogens with zero attached hydrogens (tertiary/aromatic N) is 4. The molecule has 1 aliphatic carbocycles. The van der Waals surface area contributed by atoms with Crippen LogP contribution in [0.4, 0.5) is 17.6 Å². The average molecular weight is 688 g/mol. The van der Waals surface area contributed by atoms with Gasteiger partial charge in [0.15, 0.2) is 5.16 Å². The zero-order valence-corrected chi connectivity index (χ0v) is 27.5. The second-order valence-corrected chi connectivity index (χ2v) is 12.1. The van der Waals surface area contributed by atoms with E-state index in [0.717, 1.165) is 40.3 Å². The Labute approximate surface area is 292 Å². The molecule has 0 N–H and O–H groups in total. The molecular formula is C37H40F4N4O2S. The van der Waals surface area contributed by atoms with Crippen LogP contribution in [0.15, 0.2) is 82.7 Å². The van der Waals surface area contributed by atoms with E-state index in [2.05, 4.69) is 4.98 Å². The monoisotopic (exact) mass is 687 g/mol. The number of hydrogen-bond donors (Lipinski definition) is 0. The van der Waals surface area contributed by atoms with Gasteiger partial charge in [-0.3, -0.25) is 9.59 Å². The molecule has 1 aliphatic rings. The summed E-state index contributed by atoms with van der Waals surface area (Å²) in [5, 5.41) is -0.215. The van der Waals surface area contributed by atoms with Gasteiger partial charge in [0.25, 0.3) is 5.56 Å². The quantitative estimate of drug-likeness (QED) is 0.0817. The molecule has 0 radical (unpaired) electrons.